The third-order valence-corrected chi connectivity index (χ3v) is 12.9. The summed E-state index contributed by atoms with van der Waals surface area (Å²) in [6.07, 6.45) is 7.43. The fourth-order valence-corrected chi connectivity index (χ4v) is 9.12. The van der Waals surface area contributed by atoms with Gasteiger partial charge in [-0.05, 0) is 151 Å². The molecule has 4 aromatic carbocycles. The summed E-state index contributed by atoms with van der Waals surface area (Å²) in [7, 11) is 4.11. The summed E-state index contributed by atoms with van der Waals surface area (Å²) in [5, 5.41) is 18.6. The SMILES string of the molecule is C.C.C.C.CC(=O)c1cc2ccc(Br)cc2s1.CN(C)CCn1ccc2c(Nc3ccc4c(c3)C=NC4)nc(Cl)nc21.Clc1nccc(Nc2ccc3c(c2)C=NC3)n1.O=C(O)c1cc2ccc(Br)cc2o1. The predicted molar refractivity (Wildman–Crippen MR) is 308 cm³/mol. The first-order valence-electron chi connectivity index (χ1n) is 20.8. The number of Topliss-reactive ketones (excluding diaryl/α,β-unsaturated/α-hetero) is 1. The van der Waals surface area contributed by atoms with Crippen molar-refractivity contribution in [2.75, 3.05) is 31.3 Å². The highest BCUT2D eigenvalue weighted by molar-refractivity contribution is 9.10. The van der Waals surface area contributed by atoms with Crippen molar-refractivity contribution in [1.29, 1.82) is 0 Å². The second kappa shape index (κ2) is 26.4. The number of carboxylic acids is 1. The van der Waals surface area contributed by atoms with Crippen molar-refractivity contribution in [3.63, 3.8) is 0 Å². The molecule has 376 valence electrons. The maximum absolute atomic E-state index is 11.1. The summed E-state index contributed by atoms with van der Waals surface area (Å²) in [4.78, 5) is 49.8. The third kappa shape index (κ3) is 14.9. The van der Waals surface area contributed by atoms with E-state index < -0.39 is 5.97 Å². The van der Waals surface area contributed by atoms with Crippen molar-refractivity contribution >= 4 is 146 Å². The second-order valence-electron chi connectivity index (χ2n) is 15.6. The van der Waals surface area contributed by atoms with Gasteiger partial charge >= 0.3 is 5.97 Å². The minimum atomic E-state index is -1.05. The number of carbonyl (C=O) groups is 2. The third-order valence-electron chi connectivity index (χ3n) is 10.3. The van der Waals surface area contributed by atoms with Gasteiger partial charge < -0.3 is 29.6 Å². The van der Waals surface area contributed by atoms with Crippen LogP contribution in [-0.4, -0.2) is 79.3 Å². The Bertz CT molecular complexity index is 3300. The molecule has 0 spiro atoms. The summed E-state index contributed by atoms with van der Waals surface area (Å²) in [6, 6.07) is 31.0. The van der Waals surface area contributed by atoms with Crippen molar-refractivity contribution in [3.8, 4) is 0 Å². The Morgan fingerprint density at radius 3 is 2.03 bits per heavy atom. The molecule has 2 aliphatic rings. The summed E-state index contributed by atoms with van der Waals surface area (Å²) >= 11 is 20.1. The monoisotopic (exact) mass is 1160 g/mol. The van der Waals surface area contributed by atoms with E-state index in [1.807, 2.05) is 73.2 Å². The summed E-state index contributed by atoms with van der Waals surface area (Å²) in [5.74, 6) is 0.450. The number of likely N-dealkylation sites (N-methyl/N-ethyl adjacent to an activating group) is 1. The second-order valence-corrected chi connectivity index (χ2v) is 19.2. The molecule has 19 heteroatoms. The van der Waals surface area contributed by atoms with Gasteiger partial charge in [-0.25, -0.2) is 14.8 Å². The van der Waals surface area contributed by atoms with Crippen LogP contribution in [0.15, 0.2) is 133 Å². The predicted octanol–water partition coefficient (Wildman–Crippen LogP) is 15.4. The molecule has 14 nitrogen and oxygen atoms in total. The molecule has 0 amide bonds. The van der Waals surface area contributed by atoms with Gasteiger partial charge in [0.1, 0.15) is 22.9 Å². The zero-order valence-corrected chi connectivity index (χ0v) is 42.0. The number of fused-ring (bicyclic) bond motifs is 5. The lowest BCUT2D eigenvalue weighted by molar-refractivity contribution is 0.0664. The molecule has 9 aromatic rings. The normalized spacial score (nSPS) is 11.3. The lowest BCUT2D eigenvalue weighted by Crippen LogP contribution is -2.18. The summed E-state index contributed by atoms with van der Waals surface area (Å²) < 4.78 is 10.3. The van der Waals surface area contributed by atoms with Gasteiger partial charge in [-0.3, -0.25) is 14.8 Å². The number of carboxylic acid groups (broad SMARTS) is 1. The van der Waals surface area contributed by atoms with E-state index in [0.717, 1.165) is 89.0 Å². The van der Waals surface area contributed by atoms with Gasteiger partial charge in [0.05, 0.1) is 23.4 Å². The molecule has 0 bridgehead atoms. The smallest absolute Gasteiger partial charge is 0.371 e. The van der Waals surface area contributed by atoms with Crippen LogP contribution in [0.3, 0.4) is 0 Å². The zero-order valence-electron chi connectivity index (χ0n) is 36.5. The largest absolute Gasteiger partial charge is 0.475 e. The van der Waals surface area contributed by atoms with Crippen molar-refractivity contribution in [1.82, 2.24) is 29.4 Å². The number of aromatic nitrogens is 5. The molecule has 0 saturated carbocycles. The molecule has 5 aromatic heterocycles. The Balaban J connectivity index is 0.000000212. The molecule has 2 aliphatic heterocycles. The number of hydrogen-bond donors (Lipinski definition) is 3. The number of aliphatic imine (C=N–C) groups is 2. The van der Waals surface area contributed by atoms with E-state index in [4.69, 9.17) is 32.7 Å². The van der Waals surface area contributed by atoms with Gasteiger partial charge in [0, 0.05) is 68.3 Å². The fraction of sp³-hybridized carbons (Fsp3) is 0.208. The number of benzene rings is 4. The molecule has 0 saturated heterocycles. The van der Waals surface area contributed by atoms with Crippen LogP contribution in [0.2, 0.25) is 10.6 Å². The molecule has 0 unspecified atom stereocenters. The lowest BCUT2D eigenvalue weighted by atomic mass is 10.1. The van der Waals surface area contributed by atoms with Gasteiger partial charge in [-0.15, -0.1) is 11.3 Å². The Labute approximate surface area is 450 Å². The van der Waals surface area contributed by atoms with Crippen LogP contribution < -0.4 is 10.6 Å². The van der Waals surface area contributed by atoms with Gasteiger partial charge in [0.15, 0.2) is 5.78 Å². The molecule has 7 heterocycles. The Morgan fingerprint density at radius 1 is 0.764 bits per heavy atom. The van der Waals surface area contributed by atoms with Crippen LogP contribution in [0, 0.1) is 0 Å². The number of halogens is 4. The number of furan rings is 1. The fourth-order valence-electron chi connectivity index (χ4n) is 6.96. The molecule has 0 aliphatic carbocycles. The number of carbonyl (C=O) groups excluding carboxylic acids is 1. The number of ketones is 1. The number of anilines is 4. The standard InChI is InChI=1S/C18H19ClN6.C12H9ClN4.C10H7BrOS.C9H5BrO3.4CH4/c1-24(2)7-8-25-6-5-15-16(22-18(19)23-17(15)25)21-14-4-3-12-10-20-11-13(12)9-14;13-12-15-4-3-11(17-12)16-10-2-1-8-6-14-7-9(8)5-10;1-6(12)9-4-7-2-3-8(11)5-10(7)13-9;10-6-2-1-5-3-8(9(11)12)13-7(5)4-6;;;;/h3-6,9,11H,7-8,10H2,1-2H3,(H,21,22,23);1-5,7H,6H2,(H,15,16,17);2-5H,1H3;1-4H,(H,11,12);4*1H4. The van der Waals surface area contributed by atoms with Crippen molar-refractivity contribution in [2.24, 2.45) is 9.98 Å². The summed E-state index contributed by atoms with van der Waals surface area (Å²) in [5.41, 5.74) is 8.12. The van der Waals surface area contributed by atoms with E-state index >= 15 is 0 Å². The van der Waals surface area contributed by atoms with Gasteiger partial charge in [0.2, 0.25) is 16.3 Å². The minimum absolute atomic E-state index is 0. The van der Waals surface area contributed by atoms with Crippen LogP contribution in [0.4, 0.5) is 23.0 Å². The van der Waals surface area contributed by atoms with Crippen LogP contribution in [0.25, 0.3) is 32.1 Å². The van der Waals surface area contributed by atoms with Crippen molar-refractivity contribution < 1.29 is 19.1 Å². The lowest BCUT2D eigenvalue weighted by Gasteiger charge is -2.12. The highest BCUT2D eigenvalue weighted by Crippen LogP contribution is 2.30. The summed E-state index contributed by atoms with van der Waals surface area (Å²) in [6.45, 7) is 4.90. The number of rotatable bonds is 9. The topological polar surface area (TPSA) is 176 Å². The van der Waals surface area contributed by atoms with Gasteiger partial charge in [0.25, 0.3) is 0 Å². The quantitative estimate of drug-likeness (QED) is 0.0926. The average Bonchev–Trinajstić information content (AvgIpc) is 4.16. The zero-order chi connectivity index (χ0) is 47.9. The van der Waals surface area contributed by atoms with Crippen LogP contribution in [0.5, 0.6) is 0 Å². The molecule has 11 rings (SSSR count). The highest BCUT2D eigenvalue weighted by atomic mass is 79.9. The Morgan fingerprint density at radius 2 is 1.40 bits per heavy atom. The van der Waals surface area contributed by atoms with Crippen LogP contribution >= 0.6 is 66.4 Å². The Kier molecular flexibility index (Phi) is 21.3. The number of hydrogen-bond acceptors (Lipinski definition) is 13. The first kappa shape index (κ1) is 58.2. The molecule has 72 heavy (non-hydrogen) atoms. The van der Waals surface area contributed by atoms with Crippen molar-refractivity contribution in [2.45, 2.75) is 56.3 Å². The van der Waals surface area contributed by atoms with E-state index in [2.05, 4.69) is 114 Å². The molecular weight excluding hydrogens is 1100 g/mol. The maximum Gasteiger partial charge on any atom is 0.371 e. The van der Waals surface area contributed by atoms with E-state index in [1.54, 1.807) is 31.3 Å². The number of aromatic carboxylic acids is 1. The maximum atomic E-state index is 11.1. The molecule has 3 N–H and O–H groups in total. The average molecular weight is 1160 g/mol. The van der Waals surface area contributed by atoms with E-state index in [1.165, 1.54) is 28.5 Å². The van der Waals surface area contributed by atoms with E-state index in [-0.39, 0.29) is 51.8 Å². The van der Waals surface area contributed by atoms with E-state index in [0.29, 0.717) is 17.2 Å². The molecule has 0 radical (unpaired) electrons. The van der Waals surface area contributed by atoms with Crippen LogP contribution in [-0.2, 0) is 19.6 Å². The number of thiophene rings is 1. The van der Waals surface area contributed by atoms with Crippen molar-refractivity contribution in [3.05, 3.63) is 162 Å². The number of nitrogens with one attached hydrogen (secondary N) is 2. The first-order valence-corrected chi connectivity index (χ1v) is 24.0. The van der Waals surface area contributed by atoms with Gasteiger partial charge in [-0.1, -0.05) is 79.8 Å². The molecular formula is C53H56Br2Cl2N10O4S. The minimum Gasteiger partial charge on any atom is -0.475 e. The molecule has 0 fully saturated rings. The van der Waals surface area contributed by atoms with E-state index in [9.17, 15) is 9.59 Å². The van der Waals surface area contributed by atoms with Gasteiger partial charge in [-0.2, -0.15) is 9.97 Å². The van der Waals surface area contributed by atoms with Crippen LogP contribution in [0.1, 0.15) is 79.1 Å². The Hall–Kier alpha value is -6.34. The first-order chi connectivity index (χ1) is 32.7. The molecule has 0 atom stereocenters. The highest BCUT2D eigenvalue weighted by Gasteiger charge is 2.14. The number of nitrogens with zero attached hydrogens (tertiary/aromatic N) is 8.